The summed E-state index contributed by atoms with van der Waals surface area (Å²) in [6, 6.07) is 0. The molecular weight excluding hydrogens is 331 g/mol. The molecule has 2 N–H and O–H groups in total. The minimum atomic E-state index is -6.40. The molecule has 19 heavy (non-hydrogen) atoms. The van der Waals surface area contributed by atoms with Crippen molar-refractivity contribution in [3.8, 4) is 0 Å². The van der Waals surface area contributed by atoms with E-state index in [4.69, 9.17) is 4.55 Å². The number of rotatable bonds is 7. The van der Waals surface area contributed by atoms with Gasteiger partial charge in [0.05, 0.1) is 6.54 Å². The molecule has 0 amide bonds. The third-order valence-corrected chi connectivity index (χ3v) is 3.74. The first-order valence-corrected chi connectivity index (χ1v) is 7.30. The monoisotopic (exact) mass is 339 g/mol. The van der Waals surface area contributed by atoms with Crippen LogP contribution in [-0.2, 0) is 9.15 Å². The van der Waals surface area contributed by atoms with Gasteiger partial charge in [-0.3, -0.25) is 4.55 Å². The van der Waals surface area contributed by atoms with Gasteiger partial charge in [0.2, 0.25) is 0 Å². The van der Waals surface area contributed by atoms with Gasteiger partial charge in [0.25, 0.3) is 0 Å². The van der Waals surface area contributed by atoms with Crippen LogP contribution in [-0.4, -0.2) is 49.8 Å². The Morgan fingerprint density at radius 3 is 1.89 bits per heavy atom. The second-order valence-corrected chi connectivity index (χ2v) is 6.67. The Bertz CT molecular complexity index is 394. The van der Waals surface area contributed by atoms with E-state index in [1.165, 1.54) is 0 Å². The normalized spacial score (nSPS) is 14.7. The molecule has 0 spiro atoms. The minimum absolute atomic E-state index is 0.0922. The minimum Gasteiger partial charge on any atom is -0.310 e. The van der Waals surface area contributed by atoms with Crippen molar-refractivity contribution in [3.05, 3.63) is 0 Å². The lowest BCUT2D eigenvalue weighted by Crippen LogP contribution is -2.56. The molecule has 0 aliphatic rings. The third-order valence-electron chi connectivity index (χ3n) is 1.67. The van der Waals surface area contributed by atoms with E-state index in [0.717, 1.165) is 0 Å². The molecule has 0 aliphatic carbocycles. The van der Waals surface area contributed by atoms with Crippen LogP contribution >= 0.6 is 10.8 Å². The largest absolute Gasteiger partial charge is 0.459 e. The second-order valence-electron chi connectivity index (χ2n) is 3.20. The SMILES string of the molecule is O=S(=O)(O)SCCNCC(F)(F)C(F)(F)C(F)(F)F. The molecule has 0 bridgehead atoms. The zero-order valence-corrected chi connectivity index (χ0v) is 10.5. The average Bonchev–Trinajstić information content (AvgIpc) is 2.12. The van der Waals surface area contributed by atoms with Gasteiger partial charge in [-0.05, 0) is 10.8 Å². The van der Waals surface area contributed by atoms with Crippen LogP contribution in [0.5, 0.6) is 0 Å². The summed E-state index contributed by atoms with van der Waals surface area (Å²) in [5.41, 5.74) is 0. The molecule has 0 saturated heterocycles. The van der Waals surface area contributed by atoms with Crippen LogP contribution < -0.4 is 5.32 Å². The first-order chi connectivity index (χ1) is 8.21. The van der Waals surface area contributed by atoms with Crippen molar-refractivity contribution in [1.29, 1.82) is 0 Å². The predicted octanol–water partition coefficient (Wildman–Crippen LogP) is 1.94. The Labute approximate surface area is 106 Å². The van der Waals surface area contributed by atoms with E-state index in [9.17, 15) is 39.2 Å². The molecule has 4 nitrogen and oxygen atoms in total. The van der Waals surface area contributed by atoms with Gasteiger partial charge in [0.15, 0.2) is 0 Å². The zero-order valence-electron chi connectivity index (χ0n) is 8.85. The molecule has 0 heterocycles. The van der Waals surface area contributed by atoms with Crippen molar-refractivity contribution in [2.24, 2.45) is 0 Å². The summed E-state index contributed by atoms with van der Waals surface area (Å²) in [5.74, 6) is -12.1. The van der Waals surface area contributed by atoms with Gasteiger partial charge in [-0.15, -0.1) is 0 Å². The molecule has 0 radical (unpaired) electrons. The average molecular weight is 339 g/mol. The predicted molar refractivity (Wildman–Crippen MR) is 52.8 cm³/mol. The molecular formula is C6H8F7NO3S2. The highest BCUT2D eigenvalue weighted by molar-refractivity contribution is 8.69. The summed E-state index contributed by atoms with van der Waals surface area (Å²) in [6.45, 7) is -2.61. The molecule has 0 atom stereocenters. The first-order valence-electron chi connectivity index (χ1n) is 4.35. The lowest BCUT2D eigenvalue weighted by atomic mass is 10.1. The number of halogens is 7. The quantitative estimate of drug-likeness (QED) is 0.321. The van der Waals surface area contributed by atoms with Crippen LogP contribution in [0.1, 0.15) is 0 Å². The molecule has 0 aromatic rings. The van der Waals surface area contributed by atoms with Gasteiger partial charge in [-0.1, -0.05) is 0 Å². The maximum Gasteiger partial charge on any atom is 0.459 e. The smallest absolute Gasteiger partial charge is 0.310 e. The van der Waals surface area contributed by atoms with Gasteiger partial charge < -0.3 is 5.32 Å². The maximum atomic E-state index is 12.7. The maximum absolute atomic E-state index is 12.7. The number of hydrogen-bond acceptors (Lipinski definition) is 4. The van der Waals surface area contributed by atoms with E-state index in [1.807, 2.05) is 0 Å². The Morgan fingerprint density at radius 1 is 1.05 bits per heavy atom. The lowest BCUT2D eigenvalue weighted by molar-refractivity contribution is -0.352. The van der Waals surface area contributed by atoms with E-state index in [2.05, 4.69) is 0 Å². The molecule has 13 heteroatoms. The molecule has 0 rings (SSSR count). The van der Waals surface area contributed by atoms with Gasteiger partial charge in [0.1, 0.15) is 0 Å². The molecule has 0 saturated carbocycles. The Morgan fingerprint density at radius 2 is 1.53 bits per heavy atom. The zero-order chi connectivity index (χ0) is 15.5. The summed E-state index contributed by atoms with van der Waals surface area (Å²) in [6.07, 6.45) is -6.40. The van der Waals surface area contributed by atoms with Crippen molar-refractivity contribution in [3.63, 3.8) is 0 Å². The van der Waals surface area contributed by atoms with E-state index in [-0.39, 0.29) is 10.8 Å². The summed E-state index contributed by atoms with van der Waals surface area (Å²) >= 11 is 0. The first kappa shape index (κ1) is 18.7. The van der Waals surface area contributed by atoms with Gasteiger partial charge in [-0.25, -0.2) is 0 Å². The highest BCUT2D eigenvalue weighted by Crippen LogP contribution is 2.46. The van der Waals surface area contributed by atoms with Crippen LogP contribution in [0.3, 0.4) is 0 Å². The Balaban J connectivity index is 4.33. The van der Waals surface area contributed by atoms with E-state index in [0.29, 0.717) is 0 Å². The van der Waals surface area contributed by atoms with E-state index >= 15 is 0 Å². The summed E-state index contributed by atoms with van der Waals surface area (Å²) in [5, 5.41) is 1.55. The van der Waals surface area contributed by atoms with Crippen LogP contribution in [0.4, 0.5) is 30.7 Å². The third kappa shape index (κ3) is 5.71. The highest BCUT2D eigenvalue weighted by atomic mass is 33.1. The van der Waals surface area contributed by atoms with Gasteiger partial charge in [0, 0.05) is 12.3 Å². The molecule has 0 unspecified atom stereocenters. The fourth-order valence-electron chi connectivity index (χ4n) is 0.783. The van der Waals surface area contributed by atoms with E-state index in [1.54, 1.807) is 5.32 Å². The van der Waals surface area contributed by atoms with Crippen molar-refractivity contribution in [2.45, 2.75) is 18.0 Å². The van der Waals surface area contributed by atoms with Crippen molar-refractivity contribution < 1.29 is 43.7 Å². The van der Waals surface area contributed by atoms with Gasteiger partial charge in [-0.2, -0.15) is 39.2 Å². The van der Waals surface area contributed by atoms with Crippen molar-refractivity contribution in [1.82, 2.24) is 5.32 Å². The number of alkyl halides is 7. The fourth-order valence-corrected chi connectivity index (χ4v) is 2.10. The number of nitrogens with one attached hydrogen (secondary N) is 1. The summed E-state index contributed by atoms with van der Waals surface area (Å²) in [7, 11) is -4.52. The van der Waals surface area contributed by atoms with Crippen molar-refractivity contribution in [2.75, 3.05) is 18.8 Å². The van der Waals surface area contributed by atoms with Gasteiger partial charge >= 0.3 is 27.2 Å². The number of hydrogen-bond donors (Lipinski definition) is 2. The fraction of sp³-hybridized carbons (Fsp3) is 1.00. The van der Waals surface area contributed by atoms with Crippen molar-refractivity contribution >= 4 is 19.9 Å². The highest BCUT2D eigenvalue weighted by Gasteiger charge is 2.72. The topological polar surface area (TPSA) is 66.4 Å². The molecule has 0 fully saturated rings. The van der Waals surface area contributed by atoms with Crippen LogP contribution in [0.15, 0.2) is 0 Å². The van der Waals surface area contributed by atoms with E-state index < -0.39 is 46.0 Å². The Hall–Kier alpha value is -0.270. The molecule has 0 aliphatic heterocycles. The molecule has 116 valence electrons. The summed E-state index contributed by atoms with van der Waals surface area (Å²) in [4.78, 5) is 0. The molecule has 0 aromatic heterocycles. The lowest BCUT2D eigenvalue weighted by Gasteiger charge is -2.28. The molecule has 0 aromatic carbocycles. The standard InChI is InChI=1S/C6H8F7NO3S2/c7-4(8,5(9,10)6(11,12)13)3-14-1-2-18-19(15,16)17/h14H,1-3H2,(H,15,16,17). The Kier molecular flexibility index (Phi) is 5.93. The van der Waals surface area contributed by atoms with Crippen LogP contribution in [0.25, 0.3) is 0 Å². The van der Waals surface area contributed by atoms with Crippen LogP contribution in [0.2, 0.25) is 0 Å². The van der Waals surface area contributed by atoms with Crippen LogP contribution in [0, 0.1) is 0 Å². The second kappa shape index (κ2) is 6.01. The summed E-state index contributed by atoms with van der Waals surface area (Å²) < 4.78 is 114.